The van der Waals surface area contributed by atoms with Gasteiger partial charge in [0.25, 0.3) is 0 Å². The summed E-state index contributed by atoms with van der Waals surface area (Å²) in [6, 6.07) is 13.3. The summed E-state index contributed by atoms with van der Waals surface area (Å²) in [4.78, 5) is 13.5. The van der Waals surface area contributed by atoms with Crippen molar-refractivity contribution in [3.63, 3.8) is 0 Å². The van der Waals surface area contributed by atoms with Crippen molar-refractivity contribution >= 4 is 29.3 Å². The summed E-state index contributed by atoms with van der Waals surface area (Å²) in [5, 5.41) is 2.23. The number of carbonyl (C=O) groups is 1. The van der Waals surface area contributed by atoms with E-state index in [9.17, 15) is 4.79 Å². The van der Waals surface area contributed by atoms with Crippen molar-refractivity contribution < 1.29 is 14.3 Å². The van der Waals surface area contributed by atoms with Gasteiger partial charge in [-0.25, -0.2) is 5.84 Å². The highest BCUT2D eigenvalue weighted by Crippen LogP contribution is 2.37. The van der Waals surface area contributed by atoms with Crippen molar-refractivity contribution in [2.75, 3.05) is 38.9 Å². The van der Waals surface area contributed by atoms with Gasteiger partial charge in [-0.05, 0) is 47.9 Å². The molecule has 0 radical (unpaired) electrons. The molecule has 7 heteroatoms. The first-order valence-electron chi connectivity index (χ1n) is 9.45. The van der Waals surface area contributed by atoms with Gasteiger partial charge in [0.1, 0.15) is 12.4 Å². The van der Waals surface area contributed by atoms with E-state index in [1.54, 1.807) is 24.1 Å². The second-order valence-corrected chi connectivity index (χ2v) is 7.35. The third-order valence-electron chi connectivity index (χ3n) is 4.95. The summed E-state index contributed by atoms with van der Waals surface area (Å²) in [7, 11) is 3.44. The molecule has 3 rings (SSSR count). The Labute approximate surface area is 176 Å². The molecular weight excluding hydrogens is 390 g/mol. The van der Waals surface area contributed by atoms with Crippen molar-refractivity contribution in [3.8, 4) is 5.75 Å². The van der Waals surface area contributed by atoms with Gasteiger partial charge in [-0.15, -0.1) is 0 Å². The number of ether oxygens (including phenoxy) is 2. The van der Waals surface area contributed by atoms with E-state index < -0.39 is 0 Å². The number of methoxy groups -OCH3 is 1. The van der Waals surface area contributed by atoms with Crippen LogP contribution in [0.2, 0.25) is 5.02 Å². The summed E-state index contributed by atoms with van der Waals surface area (Å²) in [6.45, 7) is 1.65. The third kappa shape index (κ3) is 5.09. The number of hydrogen-bond acceptors (Lipinski definition) is 5. The van der Waals surface area contributed by atoms with E-state index in [4.69, 9.17) is 26.9 Å². The van der Waals surface area contributed by atoms with Gasteiger partial charge in [-0.2, -0.15) is 0 Å². The smallest absolute Gasteiger partial charge is 0.210 e. The van der Waals surface area contributed by atoms with Gasteiger partial charge in [0.05, 0.1) is 18.3 Å². The molecule has 1 aliphatic heterocycles. The number of amides is 1. The molecule has 0 aromatic heterocycles. The summed E-state index contributed by atoms with van der Waals surface area (Å²) in [6.07, 6.45) is 3.74. The van der Waals surface area contributed by atoms with Crippen LogP contribution in [0.3, 0.4) is 0 Å². The van der Waals surface area contributed by atoms with Gasteiger partial charge < -0.3 is 19.4 Å². The van der Waals surface area contributed by atoms with E-state index in [2.05, 4.69) is 6.08 Å². The molecular formula is C22H26ClN3O3. The predicted molar refractivity (Wildman–Crippen MR) is 116 cm³/mol. The summed E-state index contributed by atoms with van der Waals surface area (Å²) in [5.41, 5.74) is 4.00. The largest absolute Gasteiger partial charge is 0.491 e. The van der Waals surface area contributed by atoms with E-state index in [-0.39, 0.29) is 6.04 Å². The molecule has 154 valence electrons. The Kier molecular flexibility index (Phi) is 7.14. The average Bonchev–Trinajstić information content (AvgIpc) is 2.73. The molecule has 1 amide bonds. The van der Waals surface area contributed by atoms with Crippen LogP contribution in [0.1, 0.15) is 23.6 Å². The molecule has 0 bridgehead atoms. The zero-order valence-corrected chi connectivity index (χ0v) is 17.4. The highest BCUT2D eigenvalue weighted by Gasteiger charge is 2.24. The second-order valence-electron chi connectivity index (χ2n) is 6.91. The van der Waals surface area contributed by atoms with Gasteiger partial charge in [0, 0.05) is 31.3 Å². The number of nitrogens with two attached hydrogens (primary N) is 1. The lowest BCUT2D eigenvalue weighted by Gasteiger charge is -2.33. The summed E-state index contributed by atoms with van der Waals surface area (Å²) >= 11 is 6.24. The molecule has 0 spiro atoms. The molecule has 0 fully saturated rings. The Morgan fingerprint density at radius 3 is 2.66 bits per heavy atom. The lowest BCUT2D eigenvalue weighted by atomic mass is 9.91. The van der Waals surface area contributed by atoms with E-state index in [0.29, 0.717) is 24.8 Å². The van der Waals surface area contributed by atoms with E-state index >= 15 is 0 Å². The molecule has 1 unspecified atom stereocenters. The number of hydrazine groups is 1. The molecule has 1 heterocycles. The molecule has 0 saturated carbocycles. The Bertz CT molecular complexity index is 868. The zero-order chi connectivity index (χ0) is 20.8. The molecule has 6 nitrogen and oxygen atoms in total. The standard InChI is InChI=1S/C22H26ClN3O3/c1-25(24)21-8-5-18(23)14-20(21)17-9-10-26(15-27)22(13-17)16-3-6-19(7-4-16)29-12-11-28-2/h3-8,13-15,22H,9-12,24H2,1-2H3. The zero-order valence-electron chi connectivity index (χ0n) is 16.7. The normalized spacial score (nSPS) is 16.3. The van der Waals surface area contributed by atoms with Crippen LogP contribution in [0.15, 0.2) is 48.5 Å². The predicted octanol–water partition coefficient (Wildman–Crippen LogP) is 3.66. The molecule has 2 N–H and O–H groups in total. The van der Waals surface area contributed by atoms with Gasteiger partial charge in [0.2, 0.25) is 6.41 Å². The molecule has 0 saturated heterocycles. The fraction of sp³-hybridized carbons (Fsp3) is 0.318. The van der Waals surface area contributed by atoms with Crippen LogP contribution >= 0.6 is 11.6 Å². The van der Waals surface area contributed by atoms with Crippen LogP contribution in [0, 0.1) is 0 Å². The third-order valence-corrected chi connectivity index (χ3v) is 5.19. The Hall–Kier alpha value is -2.54. The van der Waals surface area contributed by atoms with Crippen molar-refractivity contribution in [1.29, 1.82) is 0 Å². The monoisotopic (exact) mass is 415 g/mol. The van der Waals surface area contributed by atoms with Crippen molar-refractivity contribution in [1.82, 2.24) is 4.90 Å². The number of hydrogen-bond donors (Lipinski definition) is 1. The number of carbonyl (C=O) groups excluding carboxylic acids is 1. The van der Waals surface area contributed by atoms with Gasteiger partial charge in [0.15, 0.2) is 0 Å². The lowest BCUT2D eigenvalue weighted by Crippen LogP contribution is -2.31. The number of halogens is 1. The van der Waals surface area contributed by atoms with E-state index in [0.717, 1.165) is 41.0 Å². The molecule has 2 aromatic rings. The Balaban J connectivity index is 1.91. The molecule has 1 atom stereocenters. The van der Waals surface area contributed by atoms with Crippen LogP contribution in [-0.4, -0.2) is 45.2 Å². The fourth-order valence-electron chi connectivity index (χ4n) is 3.47. The maximum absolute atomic E-state index is 11.7. The van der Waals surface area contributed by atoms with Crippen LogP contribution in [0.5, 0.6) is 5.75 Å². The molecule has 0 aliphatic carbocycles. The average molecular weight is 416 g/mol. The van der Waals surface area contributed by atoms with Crippen LogP contribution in [0.25, 0.3) is 5.57 Å². The first-order chi connectivity index (χ1) is 14.0. The highest BCUT2D eigenvalue weighted by molar-refractivity contribution is 6.30. The van der Waals surface area contributed by atoms with E-state index in [1.165, 1.54) is 0 Å². The van der Waals surface area contributed by atoms with Gasteiger partial charge in [-0.1, -0.05) is 29.8 Å². The second kappa shape index (κ2) is 9.78. The summed E-state index contributed by atoms with van der Waals surface area (Å²) in [5.74, 6) is 6.78. The first-order valence-corrected chi connectivity index (χ1v) is 9.83. The minimum atomic E-state index is -0.167. The van der Waals surface area contributed by atoms with Crippen molar-refractivity contribution in [2.24, 2.45) is 5.84 Å². The van der Waals surface area contributed by atoms with Gasteiger partial charge >= 0.3 is 0 Å². The number of rotatable bonds is 8. The van der Waals surface area contributed by atoms with Crippen LogP contribution in [-0.2, 0) is 9.53 Å². The number of benzene rings is 2. The molecule has 1 aliphatic rings. The van der Waals surface area contributed by atoms with E-state index in [1.807, 2.05) is 42.5 Å². The fourth-order valence-corrected chi connectivity index (χ4v) is 3.64. The lowest BCUT2D eigenvalue weighted by molar-refractivity contribution is -0.119. The van der Waals surface area contributed by atoms with Crippen molar-refractivity contribution in [2.45, 2.75) is 12.5 Å². The Morgan fingerprint density at radius 1 is 1.24 bits per heavy atom. The maximum atomic E-state index is 11.7. The SMILES string of the molecule is COCCOc1ccc(C2C=C(c3cc(Cl)ccc3N(C)N)CCN2C=O)cc1. The topological polar surface area (TPSA) is 68.0 Å². The highest BCUT2D eigenvalue weighted by atomic mass is 35.5. The minimum absolute atomic E-state index is 0.167. The first kappa shape index (κ1) is 21.2. The quantitative estimate of drug-likeness (QED) is 0.308. The number of anilines is 1. The molecule has 2 aromatic carbocycles. The molecule has 29 heavy (non-hydrogen) atoms. The number of nitrogens with zero attached hydrogens (tertiary/aromatic N) is 2. The Morgan fingerprint density at radius 2 is 2.00 bits per heavy atom. The van der Waals surface area contributed by atoms with Gasteiger partial charge in [-0.3, -0.25) is 4.79 Å². The minimum Gasteiger partial charge on any atom is -0.491 e. The summed E-state index contributed by atoms with van der Waals surface area (Å²) < 4.78 is 10.6. The maximum Gasteiger partial charge on any atom is 0.210 e. The van der Waals surface area contributed by atoms with Crippen LogP contribution in [0.4, 0.5) is 5.69 Å². The van der Waals surface area contributed by atoms with Crippen molar-refractivity contribution in [3.05, 3.63) is 64.7 Å². The van der Waals surface area contributed by atoms with Crippen LogP contribution < -0.4 is 15.6 Å².